The second-order valence-corrected chi connectivity index (χ2v) is 1.90. The SMILES string of the molecule is CCC(F)=CC(C)(F)F. The maximum absolute atomic E-state index is 12.0. The summed E-state index contributed by atoms with van der Waals surface area (Å²) in [6, 6.07) is 0. The van der Waals surface area contributed by atoms with Gasteiger partial charge in [-0.3, -0.25) is 0 Å². The van der Waals surface area contributed by atoms with Gasteiger partial charge < -0.3 is 0 Å². The number of allylic oxidation sites excluding steroid dienone is 2. The molecule has 0 fully saturated rings. The van der Waals surface area contributed by atoms with Crippen LogP contribution < -0.4 is 0 Å². The van der Waals surface area contributed by atoms with E-state index in [1.54, 1.807) is 0 Å². The minimum Gasteiger partial charge on any atom is -0.212 e. The van der Waals surface area contributed by atoms with Crippen LogP contribution in [0.15, 0.2) is 11.9 Å². The topological polar surface area (TPSA) is 0 Å². The Kier molecular flexibility index (Phi) is 2.74. The minimum atomic E-state index is -3.01. The molecule has 0 saturated carbocycles. The Balaban J connectivity index is 3.95. The highest BCUT2D eigenvalue weighted by atomic mass is 19.3. The van der Waals surface area contributed by atoms with Crippen molar-refractivity contribution in [3.63, 3.8) is 0 Å². The van der Waals surface area contributed by atoms with Gasteiger partial charge in [0, 0.05) is 13.0 Å². The zero-order valence-corrected chi connectivity index (χ0v) is 5.42. The highest BCUT2D eigenvalue weighted by Gasteiger charge is 2.17. The highest BCUT2D eigenvalue weighted by molar-refractivity contribution is 4.97. The molecule has 0 atom stereocenters. The van der Waals surface area contributed by atoms with Crippen LogP contribution >= 0.6 is 0 Å². The van der Waals surface area contributed by atoms with E-state index in [0.717, 1.165) is 0 Å². The molecule has 0 aliphatic heterocycles. The monoisotopic (exact) mass is 138 g/mol. The average Bonchev–Trinajstić information content (AvgIpc) is 1.62. The molecule has 0 aromatic rings. The van der Waals surface area contributed by atoms with Crippen molar-refractivity contribution in [1.29, 1.82) is 0 Å². The van der Waals surface area contributed by atoms with E-state index < -0.39 is 11.7 Å². The normalized spacial score (nSPS) is 14.1. The molecule has 9 heavy (non-hydrogen) atoms. The first-order valence-corrected chi connectivity index (χ1v) is 2.70. The second kappa shape index (κ2) is 2.90. The molecule has 0 unspecified atom stereocenters. The van der Waals surface area contributed by atoms with Crippen LogP contribution in [0.2, 0.25) is 0 Å². The molecule has 0 aliphatic rings. The molecule has 0 N–H and O–H groups in total. The van der Waals surface area contributed by atoms with Crippen LogP contribution in [0.25, 0.3) is 0 Å². The molecule has 0 radical (unpaired) electrons. The van der Waals surface area contributed by atoms with Crippen LogP contribution in [0.3, 0.4) is 0 Å². The molecule has 0 saturated heterocycles. The lowest BCUT2D eigenvalue weighted by Gasteiger charge is -2.01. The Labute approximate surface area is 52.4 Å². The van der Waals surface area contributed by atoms with Crippen LogP contribution in [0.5, 0.6) is 0 Å². The molecule has 54 valence electrons. The summed E-state index contributed by atoms with van der Waals surface area (Å²) < 4.78 is 35.7. The number of halogens is 3. The molecule has 0 amide bonds. The van der Waals surface area contributed by atoms with Crippen molar-refractivity contribution in [3.8, 4) is 0 Å². The molecule has 0 rings (SSSR count). The molecule has 0 aromatic heterocycles. The second-order valence-electron chi connectivity index (χ2n) is 1.90. The number of hydrogen-bond acceptors (Lipinski definition) is 0. The van der Waals surface area contributed by atoms with Crippen molar-refractivity contribution >= 4 is 0 Å². The van der Waals surface area contributed by atoms with E-state index in [2.05, 4.69) is 0 Å². The van der Waals surface area contributed by atoms with Crippen molar-refractivity contribution in [2.45, 2.75) is 26.2 Å². The molecule has 0 heterocycles. The van der Waals surface area contributed by atoms with Crippen LogP contribution in [0, 0.1) is 0 Å². The van der Waals surface area contributed by atoms with Crippen LogP contribution in [-0.4, -0.2) is 5.92 Å². The number of hydrogen-bond donors (Lipinski definition) is 0. The molecule has 0 aromatic carbocycles. The Morgan fingerprint density at radius 3 is 2.11 bits per heavy atom. The molecular weight excluding hydrogens is 129 g/mol. The Hall–Kier alpha value is -0.470. The summed E-state index contributed by atoms with van der Waals surface area (Å²) in [5, 5.41) is 0. The van der Waals surface area contributed by atoms with Gasteiger partial charge in [-0.1, -0.05) is 6.92 Å². The van der Waals surface area contributed by atoms with Crippen molar-refractivity contribution < 1.29 is 13.2 Å². The minimum absolute atomic E-state index is 0.0312. The lowest BCUT2D eigenvalue weighted by Crippen LogP contribution is -2.04. The van der Waals surface area contributed by atoms with Gasteiger partial charge in [0.25, 0.3) is 5.92 Å². The smallest absolute Gasteiger partial charge is 0.212 e. The maximum atomic E-state index is 12.0. The third-order valence-corrected chi connectivity index (χ3v) is 0.748. The first kappa shape index (κ1) is 8.53. The summed E-state index contributed by atoms with van der Waals surface area (Å²) in [6.07, 6.45) is 0.358. The zero-order valence-electron chi connectivity index (χ0n) is 5.42. The van der Waals surface area contributed by atoms with Crippen LogP contribution in [0.4, 0.5) is 13.2 Å². The van der Waals surface area contributed by atoms with E-state index in [9.17, 15) is 13.2 Å². The van der Waals surface area contributed by atoms with Crippen molar-refractivity contribution in [2.24, 2.45) is 0 Å². The van der Waals surface area contributed by atoms with Crippen molar-refractivity contribution in [3.05, 3.63) is 11.9 Å². The largest absolute Gasteiger partial charge is 0.266 e. The maximum Gasteiger partial charge on any atom is 0.266 e. The standard InChI is InChI=1S/C6H9F3/c1-3-5(7)4-6(2,8)9/h4H,3H2,1-2H3. The van der Waals surface area contributed by atoms with E-state index in [-0.39, 0.29) is 6.42 Å². The van der Waals surface area contributed by atoms with Gasteiger partial charge in [0.2, 0.25) is 0 Å². The summed E-state index contributed by atoms with van der Waals surface area (Å²) in [5.74, 6) is -3.78. The van der Waals surface area contributed by atoms with Gasteiger partial charge >= 0.3 is 0 Å². The van der Waals surface area contributed by atoms with Gasteiger partial charge in [0.05, 0.1) is 0 Å². The summed E-state index contributed by atoms with van der Waals surface area (Å²) in [4.78, 5) is 0. The molecule has 0 bridgehead atoms. The van der Waals surface area contributed by atoms with E-state index in [0.29, 0.717) is 13.0 Å². The molecule has 0 spiro atoms. The third-order valence-electron chi connectivity index (χ3n) is 0.748. The van der Waals surface area contributed by atoms with Gasteiger partial charge in [-0.05, 0) is 6.42 Å². The molecule has 3 heteroatoms. The fourth-order valence-corrected chi connectivity index (χ4v) is 0.377. The third kappa shape index (κ3) is 5.40. The van der Waals surface area contributed by atoms with E-state index in [4.69, 9.17) is 0 Å². The lowest BCUT2D eigenvalue weighted by atomic mass is 10.3. The molecule has 0 nitrogen and oxygen atoms in total. The van der Waals surface area contributed by atoms with E-state index in [1.807, 2.05) is 0 Å². The van der Waals surface area contributed by atoms with Gasteiger partial charge in [-0.25, -0.2) is 13.2 Å². The quantitative estimate of drug-likeness (QED) is 0.550. The van der Waals surface area contributed by atoms with E-state index >= 15 is 0 Å². The average molecular weight is 138 g/mol. The van der Waals surface area contributed by atoms with E-state index in [1.165, 1.54) is 6.92 Å². The van der Waals surface area contributed by atoms with Crippen LogP contribution in [-0.2, 0) is 0 Å². The van der Waals surface area contributed by atoms with Gasteiger partial charge in [0.15, 0.2) is 0 Å². The van der Waals surface area contributed by atoms with Gasteiger partial charge in [-0.2, -0.15) is 0 Å². The van der Waals surface area contributed by atoms with Crippen molar-refractivity contribution in [2.75, 3.05) is 0 Å². The van der Waals surface area contributed by atoms with Crippen molar-refractivity contribution in [1.82, 2.24) is 0 Å². The summed E-state index contributed by atoms with van der Waals surface area (Å²) >= 11 is 0. The molecule has 0 aliphatic carbocycles. The number of rotatable bonds is 2. The summed E-state index contributed by atoms with van der Waals surface area (Å²) in [6.45, 7) is 2.14. The summed E-state index contributed by atoms with van der Waals surface area (Å²) in [7, 11) is 0. The Morgan fingerprint density at radius 1 is 1.56 bits per heavy atom. The predicted molar refractivity (Wildman–Crippen MR) is 30.1 cm³/mol. The fourth-order valence-electron chi connectivity index (χ4n) is 0.377. The predicted octanol–water partition coefficient (Wildman–Crippen LogP) is 2.91. The zero-order chi connectivity index (χ0) is 7.49. The van der Waals surface area contributed by atoms with Gasteiger partial charge in [0.1, 0.15) is 5.83 Å². The fraction of sp³-hybridized carbons (Fsp3) is 0.667. The molecular formula is C6H9F3. The Morgan fingerprint density at radius 2 is 2.00 bits per heavy atom. The first-order chi connectivity index (χ1) is 3.95. The lowest BCUT2D eigenvalue weighted by molar-refractivity contribution is 0.0747. The summed E-state index contributed by atoms with van der Waals surface area (Å²) in [5.41, 5.74) is 0. The first-order valence-electron chi connectivity index (χ1n) is 2.70. The highest BCUT2D eigenvalue weighted by Crippen LogP contribution is 2.17. The Bertz CT molecular complexity index is 110. The number of alkyl halides is 2. The van der Waals surface area contributed by atoms with Crippen LogP contribution in [0.1, 0.15) is 20.3 Å². The van der Waals surface area contributed by atoms with Gasteiger partial charge in [-0.15, -0.1) is 0 Å².